The molecule has 2 aromatic heterocycles. The van der Waals surface area contributed by atoms with Crippen molar-refractivity contribution in [3.63, 3.8) is 0 Å². The fraction of sp³-hybridized carbons (Fsp3) is 0.658. The van der Waals surface area contributed by atoms with Gasteiger partial charge in [-0.1, -0.05) is 147 Å². The van der Waals surface area contributed by atoms with Gasteiger partial charge in [-0.25, -0.2) is 19.0 Å². The van der Waals surface area contributed by atoms with Crippen molar-refractivity contribution in [2.24, 2.45) is 28.6 Å². The van der Waals surface area contributed by atoms with Crippen molar-refractivity contribution in [2.75, 3.05) is 5.75 Å². The Balaban J connectivity index is 1.71. The highest BCUT2D eigenvalue weighted by molar-refractivity contribution is 7.99. The van der Waals surface area contributed by atoms with Gasteiger partial charge in [-0.15, -0.1) is 0 Å². The smallest absolute Gasteiger partial charge is 0.342 e. The predicted molar refractivity (Wildman–Crippen MR) is 198 cm³/mol. The van der Waals surface area contributed by atoms with Crippen LogP contribution in [-0.2, 0) is 4.74 Å². The first-order chi connectivity index (χ1) is 22.1. The van der Waals surface area contributed by atoms with E-state index in [9.17, 15) is 9.59 Å². The number of hydrogen-bond acceptors (Lipinski definition) is 5. The Morgan fingerprint density at radius 3 is 2.04 bits per heavy atom. The summed E-state index contributed by atoms with van der Waals surface area (Å²) in [4.78, 5) is 35.9. The van der Waals surface area contributed by atoms with Gasteiger partial charge in [0.15, 0.2) is 10.8 Å². The number of H-pyrrole nitrogens is 1. The summed E-state index contributed by atoms with van der Waals surface area (Å²) in [5.41, 5.74) is 0.961. The van der Waals surface area contributed by atoms with E-state index in [1.165, 1.54) is 54.7 Å². The molecule has 260 valence electrons. The van der Waals surface area contributed by atoms with Crippen molar-refractivity contribution in [3.05, 3.63) is 50.5 Å². The molecule has 6 nitrogen and oxygen atoms in total. The van der Waals surface area contributed by atoms with Crippen molar-refractivity contribution in [2.45, 2.75) is 131 Å². The number of thioether (sulfide) groups is 1. The van der Waals surface area contributed by atoms with E-state index in [1.54, 1.807) is 12.1 Å². The van der Waals surface area contributed by atoms with Crippen LogP contribution in [0.15, 0.2) is 34.2 Å². The maximum Gasteiger partial charge on any atom is 0.342 e. The second-order valence-corrected chi connectivity index (χ2v) is 17.6. The van der Waals surface area contributed by atoms with E-state index in [-0.39, 0.29) is 45.1 Å². The minimum atomic E-state index is -0.500. The highest BCUT2D eigenvalue weighted by atomic mass is 35.5. The highest BCUT2D eigenvalue weighted by Gasteiger charge is 2.48. The van der Waals surface area contributed by atoms with Crippen LogP contribution in [0.4, 0.5) is 0 Å². The van der Waals surface area contributed by atoms with Crippen molar-refractivity contribution < 1.29 is 9.53 Å². The minimum Gasteiger partial charge on any atom is -0.458 e. The molecule has 9 heteroatoms. The number of fused-ring (bicyclic) bond motifs is 1. The number of carbonyl (C=O) groups is 1. The zero-order chi connectivity index (χ0) is 34.5. The quantitative estimate of drug-likeness (QED) is 0.109. The van der Waals surface area contributed by atoms with Gasteiger partial charge >= 0.3 is 11.7 Å². The maximum absolute atomic E-state index is 14.6. The van der Waals surface area contributed by atoms with Crippen LogP contribution < -0.4 is 5.69 Å². The van der Waals surface area contributed by atoms with E-state index in [0.29, 0.717) is 27.2 Å². The molecule has 4 rings (SSSR count). The molecule has 1 aliphatic rings. The number of hydrogen-bond donors (Lipinski definition) is 1. The molecule has 2 unspecified atom stereocenters. The molecule has 1 aliphatic carbocycles. The molecular formula is C38H55Cl2N3O3S. The molecule has 47 heavy (non-hydrogen) atoms. The van der Waals surface area contributed by atoms with Gasteiger partial charge in [-0.3, -0.25) is 4.98 Å². The third-order valence-corrected chi connectivity index (χ3v) is 11.4. The number of nitrogens with one attached hydrogen (secondary N) is 1. The van der Waals surface area contributed by atoms with Crippen LogP contribution in [0.5, 0.6) is 0 Å². The predicted octanol–water partition coefficient (Wildman–Crippen LogP) is 11.5. The Morgan fingerprint density at radius 2 is 1.49 bits per heavy atom. The number of halogens is 2. The summed E-state index contributed by atoms with van der Waals surface area (Å²) in [5, 5.41) is 1.16. The summed E-state index contributed by atoms with van der Waals surface area (Å²) >= 11 is 14.7. The molecule has 0 bridgehead atoms. The topological polar surface area (TPSA) is 76.5 Å². The summed E-state index contributed by atoms with van der Waals surface area (Å²) in [6.45, 7) is 17.9. The number of nitrogens with zero attached hydrogens (tertiary/aromatic N) is 2. The molecule has 1 aromatic carbocycles. The summed E-state index contributed by atoms with van der Waals surface area (Å²) in [6, 6.07) is 7.12. The van der Waals surface area contributed by atoms with E-state index in [1.807, 2.05) is 12.1 Å². The van der Waals surface area contributed by atoms with Gasteiger partial charge in [0.05, 0.1) is 0 Å². The van der Waals surface area contributed by atoms with Crippen molar-refractivity contribution in [3.8, 4) is 11.1 Å². The molecule has 1 N–H and O–H groups in total. The third kappa shape index (κ3) is 9.39. The molecular weight excluding hydrogens is 649 g/mol. The first-order valence-electron chi connectivity index (χ1n) is 17.6. The van der Waals surface area contributed by atoms with E-state index in [2.05, 4.69) is 60.4 Å². The molecule has 1 saturated carbocycles. The zero-order valence-electron chi connectivity index (χ0n) is 29.7. The molecule has 0 amide bonds. The second kappa shape index (κ2) is 16.2. The van der Waals surface area contributed by atoms with Crippen LogP contribution >= 0.6 is 35.0 Å². The first kappa shape index (κ1) is 37.9. The molecule has 1 fully saturated rings. The van der Waals surface area contributed by atoms with Crippen LogP contribution in [0.25, 0.3) is 16.8 Å². The van der Waals surface area contributed by atoms with Crippen molar-refractivity contribution in [1.29, 1.82) is 0 Å². The Kier molecular flexibility index (Phi) is 13.0. The number of rotatable bonds is 13. The van der Waals surface area contributed by atoms with Gasteiger partial charge in [0, 0.05) is 28.2 Å². The first-order valence-corrected chi connectivity index (χ1v) is 19.3. The lowest BCUT2D eigenvalue weighted by atomic mass is 9.59. The van der Waals surface area contributed by atoms with Gasteiger partial charge in [-0.05, 0) is 53.7 Å². The fourth-order valence-corrected chi connectivity index (χ4v) is 8.53. The lowest BCUT2D eigenvalue weighted by Crippen LogP contribution is -2.49. The lowest BCUT2D eigenvalue weighted by molar-refractivity contribution is -0.0922. The van der Waals surface area contributed by atoms with E-state index < -0.39 is 11.7 Å². The molecule has 2 heterocycles. The maximum atomic E-state index is 14.6. The average molecular weight is 705 g/mol. The summed E-state index contributed by atoms with van der Waals surface area (Å²) < 4.78 is 7.96. The van der Waals surface area contributed by atoms with E-state index in [0.717, 1.165) is 31.4 Å². The van der Waals surface area contributed by atoms with Gasteiger partial charge < -0.3 is 4.74 Å². The molecule has 0 aliphatic heterocycles. The van der Waals surface area contributed by atoms with Gasteiger partial charge in [-0.2, -0.15) is 0 Å². The second-order valence-electron chi connectivity index (χ2n) is 15.8. The summed E-state index contributed by atoms with van der Waals surface area (Å²) in [6.07, 6.45) is 11.5. The molecule has 0 saturated heterocycles. The standard InChI is InChI=1S/C38H55Cl2N3O3S/c1-9-10-11-12-13-14-15-16-21-47-35-41-33-30(29(25-17-19-26(39)20-18-25)32(40)43(33)36(45)42-35)34(44)46-31-27(37(3,4)5)22-24(2)23-28(31)38(6,7)8/h17-20,24,27-28,31H,9-16,21-23H2,1-8H3,(H,41,42,45). The Bertz CT molecular complexity index is 1530. The lowest BCUT2D eigenvalue weighted by Gasteiger charge is -2.50. The fourth-order valence-electron chi connectivity index (χ4n) is 7.19. The number of ether oxygens (including phenoxy) is 1. The highest BCUT2D eigenvalue weighted by Crippen LogP contribution is 2.50. The zero-order valence-corrected chi connectivity index (χ0v) is 32.0. The van der Waals surface area contributed by atoms with Crippen molar-refractivity contribution >= 4 is 46.6 Å². The largest absolute Gasteiger partial charge is 0.458 e. The third-order valence-electron chi connectivity index (χ3n) is 9.86. The number of aromatic amines is 1. The summed E-state index contributed by atoms with van der Waals surface area (Å²) in [5.74, 6) is 1.18. The molecule has 0 radical (unpaired) electrons. The van der Waals surface area contributed by atoms with Crippen LogP contribution in [-0.4, -0.2) is 32.2 Å². The van der Waals surface area contributed by atoms with E-state index >= 15 is 0 Å². The van der Waals surface area contributed by atoms with Crippen LogP contribution in [0.2, 0.25) is 10.2 Å². The average Bonchev–Trinajstić information content (AvgIpc) is 3.28. The minimum absolute atomic E-state index is 0.0721. The number of unbranched alkanes of at least 4 members (excludes halogenated alkanes) is 7. The van der Waals surface area contributed by atoms with Gasteiger partial charge in [0.2, 0.25) is 0 Å². The molecule has 3 aromatic rings. The van der Waals surface area contributed by atoms with E-state index in [4.69, 9.17) is 32.9 Å². The van der Waals surface area contributed by atoms with Crippen molar-refractivity contribution in [1.82, 2.24) is 14.4 Å². The van der Waals surface area contributed by atoms with Gasteiger partial charge in [0.25, 0.3) is 0 Å². The Hall–Kier alpha value is -1.96. The van der Waals surface area contributed by atoms with Crippen LogP contribution in [0, 0.1) is 28.6 Å². The Labute approximate surface area is 296 Å². The number of benzene rings is 1. The van der Waals surface area contributed by atoms with Crippen LogP contribution in [0.3, 0.4) is 0 Å². The molecule has 0 spiro atoms. The normalized spacial score (nSPS) is 20.6. The summed E-state index contributed by atoms with van der Waals surface area (Å²) in [7, 11) is 0. The van der Waals surface area contributed by atoms with Gasteiger partial charge in [0.1, 0.15) is 16.8 Å². The van der Waals surface area contributed by atoms with Crippen LogP contribution in [0.1, 0.15) is 130 Å². The SMILES string of the molecule is CCCCCCCCCCSc1nc2c(C(=O)OC3C(C(C)(C)C)CC(C)CC3C(C)(C)C)c(-c3ccc(Cl)cc3)c(Cl)n2c(=O)[nH]1. The number of carbonyl (C=O) groups excluding carboxylic acids is 1. The molecule has 2 atom stereocenters. The monoisotopic (exact) mass is 703 g/mol. The number of aromatic nitrogens is 3. The number of esters is 1. The Morgan fingerprint density at radius 1 is 0.936 bits per heavy atom.